The first-order chi connectivity index (χ1) is 16.3. The zero-order chi connectivity index (χ0) is 26.2. The minimum absolute atomic E-state index is 0.0293. The van der Waals surface area contributed by atoms with E-state index in [2.05, 4.69) is 22.4 Å². The van der Waals surface area contributed by atoms with Gasteiger partial charge in [-0.25, -0.2) is 8.42 Å². The van der Waals surface area contributed by atoms with Crippen molar-refractivity contribution in [2.75, 3.05) is 27.0 Å². The Balaban J connectivity index is 2.10. The topological polar surface area (TPSA) is 116 Å². The minimum atomic E-state index is -5.04. The van der Waals surface area contributed by atoms with E-state index >= 15 is 0 Å². The van der Waals surface area contributed by atoms with Crippen LogP contribution >= 0.6 is 11.8 Å². The number of amides is 2. The number of carbonyl (C=O) groups is 2. The molecule has 0 aliphatic rings. The Bertz CT molecular complexity index is 1150. The summed E-state index contributed by atoms with van der Waals surface area (Å²) in [7, 11) is -4.05. The van der Waals surface area contributed by atoms with E-state index in [-0.39, 0.29) is 22.2 Å². The van der Waals surface area contributed by atoms with Crippen molar-refractivity contribution < 1.29 is 31.2 Å². The van der Waals surface area contributed by atoms with E-state index in [9.17, 15) is 31.2 Å². The highest BCUT2D eigenvalue weighted by molar-refractivity contribution is 7.99. The molecule has 0 fully saturated rings. The lowest BCUT2D eigenvalue weighted by Crippen LogP contribution is -2.40. The summed E-state index contributed by atoms with van der Waals surface area (Å²) < 4.78 is 65.2. The Hall–Kier alpha value is -2.93. The molecule has 0 aliphatic heterocycles. The number of sulfonamides is 1. The molecular formula is C22H27F3N4O4S2. The molecule has 0 aromatic heterocycles. The highest BCUT2D eigenvalue weighted by Gasteiger charge is 2.38. The summed E-state index contributed by atoms with van der Waals surface area (Å²) >= 11 is 1.67. The van der Waals surface area contributed by atoms with Crippen LogP contribution in [0.4, 0.5) is 30.2 Å². The third-order valence-electron chi connectivity index (χ3n) is 4.62. The number of benzene rings is 2. The molecule has 13 heteroatoms. The van der Waals surface area contributed by atoms with E-state index in [1.54, 1.807) is 31.7 Å². The Labute approximate surface area is 206 Å². The number of nitrogens with one attached hydrogen (secondary N) is 4. The van der Waals surface area contributed by atoms with E-state index < -0.39 is 22.1 Å². The van der Waals surface area contributed by atoms with Crippen molar-refractivity contribution in [3.8, 4) is 0 Å². The summed E-state index contributed by atoms with van der Waals surface area (Å²) in [5.74, 6) is -0.746. The number of thioether (sulfide) groups is 1. The smallest absolute Gasteiger partial charge is 0.326 e. The molecule has 0 spiro atoms. The molecule has 2 amide bonds. The SMILES string of the molecule is CCCSCCC(=O)Nc1cc(S(=O)(=O)Nc2ccc(NNC(=O)C(F)(F)F)cc2)c(C)cc1C. The van der Waals surface area contributed by atoms with Crippen molar-refractivity contribution in [2.24, 2.45) is 0 Å². The molecule has 0 saturated heterocycles. The highest BCUT2D eigenvalue weighted by atomic mass is 32.2. The van der Waals surface area contributed by atoms with Crippen LogP contribution in [-0.2, 0) is 19.6 Å². The third-order valence-corrected chi connectivity index (χ3v) is 7.34. The molecule has 0 radical (unpaired) electrons. The van der Waals surface area contributed by atoms with Gasteiger partial charge in [0.05, 0.1) is 10.6 Å². The van der Waals surface area contributed by atoms with Gasteiger partial charge in [0.1, 0.15) is 0 Å². The second kappa shape index (κ2) is 12.2. The van der Waals surface area contributed by atoms with Gasteiger partial charge in [-0.2, -0.15) is 24.9 Å². The quantitative estimate of drug-likeness (QED) is 0.249. The number of halogens is 3. The van der Waals surface area contributed by atoms with Crippen LogP contribution < -0.4 is 20.9 Å². The van der Waals surface area contributed by atoms with E-state index in [0.717, 1.165) is 12.2 Å². The molecule has 2 aromatic carbocycles. The number of hydrazine groups is 1. The number of carbonyl (C=O) groups excluding carboxylic acids is 2. The molecule has 0 atom stereocenters. The summed E-state index contributed by atoms with van der Waals surface area (Å²) in [4.78, 5) is 23.1. The summed E-state index contributed by atoms with van der Waals surface area (Å²) in [6.07, 6.45) is -3.71. The molecular weight excluding hydrogens is 505 g/mol. The lowest BCUT2D eigenvalue weighted by atomic mass is 10.1. The predicted octanol–water partition coefficient (Wildman–Crippen LogP) is 4.58. The van der Waals surface area contributed by atoms with Gasteiger partial charge >= 0.3 is 12.1 Å². The van der Waals surface area contributed by atoms with E-state index in [1.807, 2.05) is 0 Å². The molecule has 0 aliphatic carbocycles. The second-order valence-electron chi connectivity index (χ2n) is 7.60. The molecule has 192 valence electrons. The van der Waals surface area contributed by atoms with Crippen LogP contribution in [0.2, 0.25) is 0 Å². The second-order valence-corrected chi connectivity index (χ2v) is 10.5. The van der Waals surface area contributed by atoms with E-state index in [0.29, 0.717) is 29.0 Å². The Morgan fingerprint density at radius 2 is 1.60 bits per heavy atom. The van der Waals surface area contributed by atoms with E-state index in [1.165, 1.54) is 35.8 Å². The number of alkyl halides is 3. The summed E-state index contributed by atoms with van der Waals surface area (Å²) in [5.41, 5.74) is 5.43. The van der Waals surface area contributed by atoms with Gasteiger partial charge in [-0.15, -0.1) is 0 Å². The molecule has 8 nitrogen and oxygen atoms in total. The fourth-order valence-corrected chi connectivity index (χ4v) is 5.05. The van der Waals surface area contributed by atoms with Crippen LogP contribution in [0.5, 0.6) is 0 Å². The van der Waals surface area contributed by atoms with E-state index in [4.69, 9.17) is 0 Å². The Morgan fingerprint density at radius 3 is 2.20 bits per heavy atom. The molecule has 0 heterocycles. The Kier molecular flexibility index (Phi) is 9.83. The standard InChI is InChI=1S/C22H27F3N4O4S2/c1-4-10-34-11-9-20(30)26-18-13-19(15(3)12-14(18)2)35(32,33)29-17-7-5-16(6-8-17)27-28-21(31)22(23,24)25/h5-8,12-13,27,29H,4,9-11H2,1-3H3,(H,26,30)(H,28,31). The number of anilines is 3. The van der Waals surface area contributed by atoms with Crippen LogP contribution in [0, 0.1) is 13.8 Å². The van der Waals surface area contributed by atoms with Gasteiger partial charge in [0.25, 0.3) is 10.0 Å². The van der Waals surface area contributed by atoms with Gasteiger partial charge in [0, 0.05) is 23.5 Å². The molecule has 0 saturated carbocycles. The molecule has 0 unspecified atom stereocenters. The first-order valence-corrected chi connectivity index (χ1v) is 13.2. The van der Waals surface area contributed by atoms with Gasteiger partial charge in [-0.1, -0.05) is 13.0 Å². The Morgan fingerprint density at radius 1 is 0.971 bits per heavy atom. The number of hydrogen-bond acceptors (Lipinski definition) is 6. The number of rotatable bonds is 11. The summed E-state index contributed by atoms with van der Waals surface area (Å²) in [6.45, 7) is 5.45. The van der Waals surface area contributed by atoms with Crippen LogP contribution in [0.3, 0.4) is 0 Å². The predicted molar refractivity (Wildman–Crippen MR) is 132 cm³/mol. The van der Waals surface area contributed by atoms with Gasteiger partial charge in [0.2, 0.25) is 5.91 Å². The molecule has 35 heavy (non-hydrogen) atoms. The van der Waals surface area contributed by atoms with Crippen molar-refractivity contribution in [1.29, 1.82) is 0 Å². The fraction of sp³-hybridized carbons (Fsp3) is 0.364. The monoisotopic (exact) mass is 532 g/mol. The largest absolute Gasteiger partial charge is 0.472 e. The summed E-state index contributed by atoms with van der Waals surface area (Å²) in [5, 5.41) is 2.76. The number of hydrogen-bond donors (Lipinski definition) is 4. The first kappa shape index (κ1) is 28.3. The molecule has 2 aromatic rings. The van der Waals surface area contributed by atoms with Crippen LogP contribution in [0.15, 0.2) is 41.3 Å². The van der Waals surface area contributed by atoms with Crippen molar-refractivity contribution in [3.05, 3.63) is 47.5 Å². The summed E-state index contributed by atoms with van der Waals surface area (Å²) in [6, 6.07) is 8.27. The number of aryl methyl sites for hydroxylation is 2. The average Bonchev–Trinajstić information content (AvgIpc) is 2.76. The van der Waals surface area contributed by atoms with Crippen LogP contribution in [0.25, 0.3) is 0 Å². The zero-order valence-electron chi connectivity index (χ0n) is 19.4. The lowest BCUT2D eigenvalue weighted by molar-refractivity contribution is -0.173. The van der Waals surface area contributed by atoms with Gasteiger partial charge in [-0.05, 0) is 67.5 Å². The van der Waals surface area contributed by atoms with Gasteiger partial charge in [0.15, 0.2) is 0 Å². The average molecular weight is 533 g/mol. The van der Waals surface area contributed by atoms with Gasteiger partial charge in [-0.3, -0.25) is 25.2 Å². The zero-order valence-corrected chi connectivity index (χ0v) is 21.0. The maximum Gasteiger partial charge on any atom is 0.472 e. The third kappa shape index (κ3) is 8.66. The van der Waals surface area contributed by atoms with Crippen molar-refractivity contribution >= 4 is 50.7 Å². The van der Waals surface area contributed by atoms with Crippen molar-refractivity contribution in [3.63, 3.8) is 0 Å². The maximum absolute atomic E-state index is 13.0. The molecule has 4 N–H and O–H groups in total. The molecule has 2 rings (SSSR count). The fourth-order valence-electron chi connectivity index (χ4n) is 2.91. The normalized spacial score (nSPS) is 11.6. The maximum atomic E-state index is 13.0. The van der Waals surface area contributed by atoms with Crippen LogP contribution in [-0.4, -0.2) is 37.9 Å². The molecule has 0 bridgehead atoms. The van der Waals surface area contributed by atoms with Gasteiger partial charge < -0.3 is 5.32 Å². The van der Waals surface area contributed by atoms with Crippen LogP contribution in [0.1, 0.15) is 30.9 Å². The minimum Gasteiger partial charge on any atom is -0.326 e. The van der Waals surface area contributed by atoms with Crippen molar-refractivity contribution in [1.82, 2.24) is 5.43 Å². The van der Waals surface area contributed by atoms with Crippen molar-refractivity contribution in [2.45, 2.75) is 44.7 Å². The first-order valence-electron chi connectivity index (χ1n) is 10.6. The lowest BCUT2D eigenvalue weighted by Gasteiger charge is -2.15. The highest BCUT2D eigenvalue weighted by Crippen LogP contribution is 2.27.